The van der Waals surface area contributed by atoms with Gasteiger partial charge in [0, 0.05) is 11.6 Å². The summed E-state index contributed by atoms with van der Waals surface area (Å²) in [6.45, 7) is 2.05. The lowest BCUT2D eigenvalue weighted by Crippen LogP contribution is -2.21. The minimum Gasteiger partial charge on any atom is -0.303 e. The second-order valence-electron chi connectivity index (χ2n) is 4.55. The normalized spacial score (nSPS) is 11.1. The van der Waals surface area contributed by atoms with Gasteiger partial charge in [0.25, 0.3) is 5.91 Å². The fourth-order valence-corrected chi connectivity index (χ4v) is 2.29. The maximum Gasteiger partial charge on any atom is 0.250 e. The molecule has 2 N–H and O–H groups in total. The number of hydrogen-bond acceptors (Lipinski definition) is 3. The van der Waals surface area contributed by atoms with Crippen LogP contribution < -0.4 is 5.48 Å². The number of imidazole rings is 1. The molecule has 0 fully saturated rings. The smallest absolute Gasteiger partial charge is 0.250 e. The van der Waals surface area contributed by atoms with Crippen molar-refractivity contribution in [2.45, 2.75) is 13.3 Å². The number of hydrogen-bond donors (Lipinski definition) is 2. The topological polar surface area (TPSA) is 66.6 Å². The Morgan fingerprint density at radius 3 is 3.05 bits per heavy atom. The summed E-state index contributed by atoms with van der Waals surface area (Å²) < 4.78 is 1.87. The Labute approximate surface area is 109 Å². The van der Waals surface area contributed by atoms with Crippen LogP contribution in [0.25, 0.3) is 16.3 Å². The number of amides is 1. The van der Waals surface area contributed by atoms with E-state index in [4.69, 9.17) is 5.21 Å². The molecule has 1 aromatic carbocycles. The SMILES string of the molecule is Cc1ccc2c(ccn3c(CC(=O)NO)ncc23)c1. The van der Waals surface area contributed by atoms with Crippen molar-refractivity contribution in [3.05, 3.63) is 48.0 Å². The van der Waals surface area contributed by atoms with E-state index in [0.717, 1.165) is 16.3 Å². The third kappa shape index (κ3) is 1.94. The predicted molar refractivity (Wildman–Crippen MR) is 71.1 cm³/mol. The average Bonchev–Trinajstić information content (AvgIpc) is 2.81. The third-order valence-corrected chi connectivity index (χ3v) is 3.20. The fourth-order valence-electron chi connectivity index (χ4n) is 2.29. The van der Waals surface area contributed by atoms with E-state index in [-0.39, 0.29) is 6.42 Å². The molecule has 2 heterocycles. The van der Waals surface area contributed by atoms with Crippen molar-refractivity contribution < 1.29 is 10.0 Å². The van der Waals surface area contributed by atoms with Gasteiger partial charge in [-0.25, -0.2) is 10.5 Å². The molecule has 19 heavy (non-hydrogen) atoms. The Bertz CT molecular complexity index is 777. The first kappa shape index (κ1) is 11.7. The van der Waals surface area contributed by atoms with E-state index in [1.807, 2.05) is 16.7 Å². The summed E-state index contributed by atoms with van der Waals surface area (Å²) in [5.41, 5.74) is 3.78. The molecule has 3 rings (SSSR count). The lowest BCUT2D eigenvalue weighted by atomic mass is 10.1. The molecular weight excluding hydrogens is 242 g/mol. The predicted octanol–water partition coefficient (Wildman–Crippen LogP) is 1.84. The summed E-state index contributed by atoms with van der Waals surface area (Å²) in [5, 5.41) is 10.8. The van der Waals surface area contributed by atoms with Crippen molar-refractivity contribution in [1.29, 1.82) is 0 Å². The summed E-state index contributed by atoms with van der Waals surface area (Å²) in [4.78, 5) is 15.5. The highest BCUT2D eigenvalue weighted by molar-refractivity contribution is 5.96. The molecule has 0 aliphatic carbocycles. The van der Waals surface area contributed by atoms with Crippen LogP contribution in [0, 0.1) is 6.92 Å². The Kier molecular flexibility index (Phi) is 2.68. The highest BCUT2D eigenvalue weighted by Crippen LogP contribution is 2.22. The molecule has 5 nitrogen and oxygen atoms in total. The van der Waals surface area contributed by atoms with E-state index in [0.29, 0.717) is 5.82 Å². The van der Waals surface area contributed by atoms with Gasteiger partial charge in [-0.05, 0) is 18.4 Å². The largest absolute Gasteiger partial charge is 0.303 e. The molecule has 0 radical (unpaired) electrons. The van der Waals surface area contributed by atoms with Crippen LogP contribution in [0.3, 0.4) is 0 Å². The van der Waals surface area contributed by atoms with Crippen molar-refractivity contribution in [3.8, 4) is 0 Å². The first-order valence-electron chi connectivity index (χ1n) is 5.97. The van der Waals surface area contributed by atoms with Crippen molar-refractivity contribution in [2.75, 3.05) is 0 Å². The number of pyridine rings is 1. The van der Waals surface area contributed by atoms with E-state index in [2.05, 4.69) is 30.1 Å². The fraction of sp³-hybridized carbons (Fsp3) is 0.143. The zero-order chi connectivity index (χ0) is 13.4. The van der Waals surface area contributed by atoms with Crippen LogP contribution in [0.15, 0.2) is 36.7 Å². The number of aryl methyl sites for hydroxylation is 1. The van der Waals surface area contributed by atoms with Crippen LogP contribution in [0.2, 0.25) is 0 Å². The van der Waals surface area contributed by atoms with Gasteiger partial charge >= 0.3 is 0 Å². The Morgan fingerprint density at radius 2 is 2.26 bits per heavy atom. The summed E-state index contributed by atoms with van der Waals surface area (Å²) >= 11 is 0. The van der Waals surface area contributed by atoms with Crippen LogP contribution in [-0.2, 0) is 11.2 Å². The van der Waals surface area contributed by atoms with Gasteiger partial charge in [-0.2, -0.15) is 0 Å². The van der Waals surface area contributed by atoms with Crippen molar-refractivity contribution in [1.82, 2.24) is 14.9 Å². The van der Waals surface area contributed by atoms with Gasteiger partial charge in [0.05, 0.1) is 18.1 Å². The molecule has 0 bridgehead atoms. The number of carbonyl (C=O) groups excluding carboxylic acids is 1. The van der Waals surface area contributed by atoms with Gasteiger partial charge in [0.15, 0.2) is 0 Å². The summed E-state index contributed by atoms with van der Waals surface area (Å²) in [6.07, 6.45) is 3.68. The quantitative estimate of drug-likeness (QED) is 0.542. The molecule has 0 atom stereocenters. The van der Waals surface area contributed by atoms with Crippen LogP contribution in [-0.4, -0.2) is 20.5 Å². The van der Waals surface area contributed by atoms with Gasteiger partial charge in [0.2, 0.25) is 0 Å². The number of fused-ring (bicyclic) bond motifs is 3. The van der Waals surface area contributed by atoms with Crippen LogP contribution in [0.5, 0.6) is 0 Å². The van der Waals surface area contributed by atoms with Crippen LogP contribution >= 0.6 is 0 Å². The van der Waals surface area contributed by atoms with Crippen molar-refractivity contribution >= 4 is 22.2 Å². The molecule has 96 valence electrons. The molecule has 3 aromatic rings. The molecular formula is C14H13N3O2. The number of hydroxylamine groups is 1. The lowest BCUT2D eigenvalue weighted by molar-refractivity contribution is -0.128. The summed E-state index contributed by atoms with van der Waals surface area (Å²) in [7, 11) is 0. The monoisotopic (exact) mass is 255 g/mol. The van der Waals surface area contributed by atoms with Gasteiger partial charge in [0.1, 0.15) is 5.82 Å². The van der Waals surface area contributed by atoms with Crippen LogP contribution in [0.1, 0.15) is 11.4 Å². The summed E-state index contributed by atoms with van der Waals surface area (Å²) in [5.74, 6) is 0.125. The highest BCUT2D eigenvalue weighted by atomic mass is 16.5. The Morgan fingerprint density at radius 1 is 1.42 bits per heavy atom. The van der Waals surface area contributed by atoms with E-state index in [9.17, 15) is 4.79 Å². The number of benzene rings is 1. The van der Waals surface area contributed by atoms with E-state index >= 15 is 0 Å². The maximum absolute atomic E-state index is 11.2. The standard InChI is InChI=1S/C14H13N3O2/c1-9-2-3-11-10(6-9)4-5-17-12(11)8-15-13(17)7-14(18)16-19/h2-6,8,19H,7H2,1H3,(H,16,18). The zero-order valence-corrected chi connectivity index (χ0v) is 10.4. The maximum atomic E-state index is 11.2. The molecule has 0 saturated carbocycles. The lowest BCUT2D eigenvalue weighted by Gasteiger charge is -2.04. The molecule has 0 spiro atoms. The second kappa shape index (κ2) is 4.37. The second-order valence-corrected chi connectivity index (χ2v) is 4.55. The van der Waals surface area contributed by atoms with E-state index in [1.54, 1.807) is 11.7 Å². The Balaban J connectivity index is 2.20. The summed E-state index contributed by atoms with van der Waals surface area (Å²) in [6, 6.07) is 8.22. The molecule has 0 saturated heterocycles. The Hall–Kier alpha value is -2.40. The third-order valence-electron chi connectivity index (χ3n) is 3.20. The molecule has 0 aliphatic heterocycles. The number of nitrogens with zero attached hydrogens (tertiary/aromatic N) is 2. The molecule has 5 heteroatoms. The number of aromatic nitrogens is 2. The molecule has 1 amide bonds. The van der Waals surface area contributed by atoms with E-state index in [1.165, 1.54) is 5.56 Å². The zero-order valence-electron chi connectivity index (χ0n) is 10.4. The highest BCUT2D eigenvalue weighted by Gasteiger charge is 2.10. The van der Waals surface area contributed by atoms with Gasteiger partial charge < -0.3 is 4.40 Å². The average molecular weight is 255 g/mol. The number of nitrogens with one attached hydrogen (secondary N) is 1. The number of carbonyl (C=O) groups is 1. The minimum atomic E-state index is -0.475. The molecule has 0 unspecified atom stereocenters. The minimum absolute atomic E-state index is 0.0437. The molecule has 2 aromatic heterocycles. The van der Waals surface area contributed by atoms with Gasteiger partial charge in [-0.1, -0.05) is 23.8 Å². The first-order chi connectivity index (χ1) is 9.19. The van der Waals surface area contributed by atoms with Crippen LogP contribution in [0.4, 0.5) is 0 Å². The first-order valence-corrected chi connectivity index (χ1v) is 5.97. The van der Waals surface area contributed by atoms with Crippen molar-refractivity contribution in [3.63, 3.8) is 0 Å². The molecule has 0 aliphatic rings. The number of rotatable bonds is 2. The van der Waals surface area contributed by atoms with E-state index < -0.39 is 5.91 Å². The van der Waals surface area contributed by atoms with Gasteiger partial charge in [-0.15, -0.1) is 0 Å². The van der Waals surface area contributed by atoms with Crippen molar-refractivity contribution in [2.24, 2.45) is 0 Å². The van der Waals surface area contributed by atoms with Gasteiger partial charge in [-0.3, -0.25) is 10.0 Å².